The molecule has 0 amide bonds. The third kappa shape index (κ3) is 4.25. The first-order valence-electron chi connectivity index (χ1n) is 14.5. The van der Waals surface area contributed by atoms with Crippen molar-refractivity contribution in [2.75, 3.05) is 37.7 Å². The third-order valence-electron chi connectivity index (χ3n) is 9.33. The molecule has 7 nitrogen and oxygen atoms in total. The largest absolute Gasteiger partial charge is 0.461 e. The molecule has 0 spiro atoms. The quantitative estimate of drug-likeness (QED) is 0.475. The lowest BCUT2D eigenvalue weighted by atomic mass is 9.94. The van der Waals surface area contributed by atoms with Crippen molar-refractivity contribution in [3.05, 3.63) is 41.6 Å². The number of hydrogen-bond donors (Lipinski definition) is 1. The first kappa shape index (κ1) is 25.1. The molecule has 0 radical (unpaired) electrons. The van der Waals surface area contributed by atoms with Crippen LogP contribution in [-0.2, 0) is 0 Å². The van der Waals surface area contributed by atoms with Gasteiger partial charge in [0.05, 0.1) is 10.9 Å². The maximum atomic E-state index is 16.4. The average molecular weight is 535 g/mol. The van der Waals surface area contributed by atoms with Crippen molar-refractivity contribution in [2.24, 2.45) is 0 Å². The monoisotopic (exact) mass is 534 g/mol. The summed E-state index contributed by atoms with van der Waals surface area (Å²) in [5.74, 6) is -0.381. The van der Waals surface area contributed by atoms with Gasteiger partial charge in [0.25, 0.3) is 0 Å². The van der Waals surface area contributed by atoms with E-state index in [0.717, 1.165) is 51.9 Å². The van der Waals surface area contributed by atoms with Crippen molar-refractivity contribution in [1.29, 1.82) is 0 Å². The van der Waals surface area contributed by atoms with Crippen LogP contribution in [-0.4, -0.2) is 70.3 Å². The van der Waals surface area contributed by atoms with Crippen LogP contribution in [0.4, 0.5) is 14.6 Å². The molecule has 4 aliphatic heterocycles. The van der Waals surface area contributed by atoms with E-state index < -0.39 is 5.82 Å². The highest BCUT2D eigenvalue weighted by atomic mass is 19.1. The van der Waals surface area contributed by atoms with E-state index in [-0.39, 0.29) is 34.5 Å². The number of anilines is 1. The second-order valence-corrected chi connectivity index (χ2v) is 12.1. The number of pyridine rings is 1. The predicted molar refractivity (Wildman–Crippen MR) is 147 cm³/mol. The number of benzene rings is 1. The van der Waals surface area contributed by atoms with Gasteiger partial charge in [-0.15, -0.1) is 0 Å². The van der Waals surface area contributed by atoms with Gasteiger partial charge in [-0.1, -0.05) is 26.0 Å². The highest BCUT2D eigenvalue weighted by Crippen LogP contribution is 2.40. The molecular weight excluding hydrogens is 498 g/mol. The minimum Gasteiger partial charge on any atom is -0.461 e. The number of rotatable bonds is 6. The van der Waals surface area contributed by atoms with Gasteiger partial charge in [0.1, 0.15) is 29.5 Å². The number of nitrogens with zero attached hydrogens (tertiary/aromatic N) is 5. The number of ether oxygens (including phenoxy) is 1. The van der Waals surface area contributed by atoms with Gasteiger partial charge < -0.3 is 15.0 Å². The highest BCUT2D eigenvalue weighted by molar-refractivity contribution is 5.92. The predicted octanol–water partition coefficient (Wildman–Crippen LogP) is 5.04. The van der Waals surface area contributed by atoms with Crippen molar-refractivity contribution in [3.63, 3.8) is 0 Å². The molecule has 4 saturated heterocycles. The molecule has 4 aliphatic rings. The molecule has 6 heterocycles. The number of halogens is 2. The molecule has 206 valence electrons. The molecule has 0 unspecified atom stereocenters. The van der Waals surface area contributed by atoms with Crippen LogP contribution in [0.1, 0.15) is 63.9 Å². The minimum absolute atomic E-state index is 0.0301. The van der Waals surface area contributed by atoms with Gasteiger partial charge in [0.2, 0.25) is 0 Å². The highest BCUT2D eigenvalue weighted by Gasteiger charge is 2.45. The number of piperazine rings is 1. The summed E-state index contributed by atoms with van der Waals surface area (Å²) in [7, 11) is 0. The Kier molecular flexibility index (Phi) is 6.19. The molecule has 39 heavy (non-hydrogen) atoms. The Bertz CT molecular complexity index is 1390. The smallest absolute Gasteiger partial charge is 0.319 e. The fourth-order valence-corrected chi connectivity index (χ4v) is 7.48. The normalized spacial score (nSPS) is 24.2. The zero-order valence-corrected chi connectivity index (χ0v) is 22.7. The van der Waals surface area contributed by atoms with E-state index in [1.165, 1.54) is 18.9 Å². The lowest BCUT2D eigenvalue weighted by molar-refractivity contribution is 0.108. The second-order valence-electron chi connectivity index (χ2n) is 12.1. The standard InChI is InChI=1S/C30H36F2N6O/c1-18(2)24-21(6-3-7-23(24)31)26-25(32)27-22(14-33-26)28(37-15-19-8-9-20(16-37)34-19)36-29(35-27)39-17-30-10-4-12-38(30)13-5-11-30/h3,6-7,14,18-20,34H,4-5,8-13,15-17H2,1-2H3/t19-,20+. The zero-order chi connectivity index (χ0) is 26.7. The first-order valence-corrected chi connectivity index (χ1v) is 14.5. The number of fused-ring (bicyclic) bond motifs is 4. The van der Waals surface area contributed by atoms with Crippen molar-refractivity contribution in [1.82, 2.24) is 25.2 Å². The van der Waals surface area contributed by atoms with E-state index in [0.29, 0.717) is 41.0 Å². The Morgan fingerprint density at radius 2 is 1.82 bits per heavy atom. The molecule has 0 saturated carbocycles. The van der Waals surface area contributed by atoms with Crippen LogP contribution < -0.4 is 15.0 Å². The third-order valence-corrected chi connectivity index (χ3v) is 9.33. The Hall–Kier alpha value is -2.91. The maximum absolute atomic E-state index is 16.4. The fraction of sp³-hybridized carbons (Fsp3) is 0.567. The van der Waals surface area contributed by atoms with E-state index in [4.69, 9.17) is 9.72 Å². The molecule has 7 rings (SSSR count). The summed E-state index contributed by atoms with van der Waals surface area (Å²) in [5, 5.41) is 4.22. The molecule has 3 aromatic rings. The summed E-state index contributed by atoms with van der Waals surface area (Å²) in [6.45, 7) is 8.11. The Labute approximate surface area is 228 Å². The fourth-order valence-electron chi connectivity index (χ4n) is 7.48. The van der Waals surface area contributed by atoms with Crippen LogP contribution in [0.25, 0.3) is 22.2 Å². The van der Waals surface area contributed by atoms with E-state index in [2.05, 4.69) is 25.1 Å². The van der Waals surface area contributed by atoms with Crippen LogP contribution in [0.5, 0.6) is 6.01 Å². The molecular formula is C30H36F2N6O. The van der Waals surface area contributed by atoms with Crippen LogP contribution in [0.3, 0.4) is 0 Å². The topological polar surface area (TPSA) is 66.4 Å². The maximum Gasteiger partial charge on any atom is 0.319 e. The summed E-state index contributed by atoms with van der Waals surface area (Å²) in [4.78, 5) is 18.8. The van der Waals surface area contributed by atoms with Crippen molar-refractivity contribution >= 4 is 16.7 Å². The Morgan fingerprint density at radius 3 is 2.54 bits per heavy atom. The van der Waals surface area contributed by atoms with Crippen LogP contribution in [0, 0.1) is 11.6 Å². The minimum atomic E-state index is -0.562. The number of nitrogens with one attached hydrogen (secondary N) is 1. The molecule has 2 bridgehead atoms. The Morgan fingerprint density at radius 1 is 1.08 bits per heavy atom. The molecule has 0 aliphatic carbocycles. The number of aromatic nitrogens is 3. The van der Waals surface area contributed by atoms with E-state index >= 15 is 4.39 Å². The molecule has 9 heteroatoms. The van der Waals surface area contributed by atoms with Gasteiger partial charge in [-0.3, -0.25) is 9.88 Å². The molecule has 2 aromatic heterocycles. The average Bonchev–Trinajstić information content (AvgIpc) is 3.60. The summed E-state index contributed by atoms with van der Waals surface area (Å²) in [5.41, 5.74) is 1.23. The molecule has 1 N–H and O–H groups in total. The Balaban J connectivity index is 1.33. The van der Waals surface area contributed by atoms with Crippen molar-refractivity contribution in [2.45, 2.75) is 75.9 Å². The lowest BCUT2D eigenvalue weighted by Gasteiger charge is -2.34. The van der Waals surface area contributed by atoms with Crippen molar-refractivity contribution < 1.29 is 13.5 Å². The van der Waals surface area contributed by atoms with Gasteiger partial charge in [0.15, 0.2) is 5.82 Å². The van der Waals surface area contributed by atoms with Gasteiger partial charge >= 0.3 is 6.01 Å². The van der Waals surface area contributed by atoms with E-state index in [1.54, 1.807) is 18.3 Å². The zero-order valence-electron chi connectivity index (χ0n) is 22.7. The summed E-state index contributed by atoms with van der Waals surface area (Å²) >= 11 is 0. The summed E-state index contributed by atoms with van der Waals surface area (Å²) < 4.78 is 37.6. The second kappa shape index (κ2) is 9.63. The van der Waals surface area contributed by atoms with Gasteiger partial charge in [-0.2, -0.15) is 9.97 Å². The van der Waals surface area contributed by atoms with Gasteiger partial charge in [-0.25, -0.2) is 8.78 Å². The summed E-state index contributed by atoms with van der Waals surface area (Å²) in [6, 6.07) is 5.73. The lowest BCUT2D eigenvalue weighted by Crippen LogP contribution is -2.51. The van der Waals surface area contributed by atoms with Crippen LogP contribution in [0.2, 0.25) is 0 Å². The molecule has 1 aromatic carbocycles. The van der Waals surface area contributed by atoms with E-state index in [1.807, 2.05) is 13.8 Å². The van der Waals surface area contributed by atoms with Crippen molar-refractivity contribution in [3.8, 4) is 17.3 Å². The van der Waals surface area contributed by atoms with Gasteiger partial charge in [0, 0.05) is 36.9 Å². The van der Waals surface area contributed by atoms with E-state index in [9.17, 15) is 4.39 Å². The van der Waals surface area contributed by atoms with Crippen LogP contribution >= 0.6 is 0 Å². The van der Waals surface area contributed by atoms with Gasteiger partial charge in [-0.05, 0) is 69.2 Å². The summed E-state index contributed by atoms with van der Waals surface area (Å²) in [6.07, 6.45) is 8.46. The van der Waals surface area contributed by atoms with Crippen LogP contribution in [0.15, 0.2) is 24.4 Å². The number of hydrogen-bond acceptors (Lipinski definition) is 7. The first-order chi connectivity index (χ1) is 18.9. The molecule has 2 atom stereocenters. The molecule has 4 fully saturated rings. The SMILES string of the molecule is CC(C)c1c(F)cccc1-c1ncc2c(N3C[C@H]4CC[C@@H](C3)N4)nc(OCC34CCCN3CCC4)nc2c1F.